The zero-order valence-corrected chi connectivity index (χ0v) is 9.74. The normalized spacial score (nSPS) is 21.2. The molecule has 0 aliphatic carbocycles. The second-order valence-corrected chi connectivity index (χ2v) is 4.14. The predicted octanol–water partition coefficient (Wildman–Crippen LogP) is 1.46. The summed E-state index contributed by atoms with van der Waals surface area (Å²) in [6.07, 6.45) is 3.32. The van der Waals surface area contributed by atoms with Crippen LogP contribution >= 0.6 is 0 Å². The summed E-state index contributed by atoms with van der Waals surface area (Å²) >= 11 is 0. The zero-order valence-electron chi connectivity index (χ0n) is 9.74. The lowest BCUT2D eigenvalue weighted by atomic mass is 10.00. The van der Waals surface area contributed by atoms with Crippen LogP contribution in [0.15, 0.2) is 4.52 Å². The van der Waals surface area contributed by atoms with Crippen LogP contribution in [-0.4, -0.2) is 29.8 Å². The first-order valence-electron chi connectivity index (χ1n) is 6.01. The molecule has 1 aliphatic heterocycles. The molecule has 1 saturated heterocycles. The Kier molecular flexibility index (Phi) is 4.30. The molecule has 0 radical (unpaired) electrons. The Bertz CT molecular complexity index is 308. The van der Waals surface area contributed by atoms with Crippen molar-refractivity contribution in [1.82, 2.24) is 15.5 Å². The number of ether oxygens (including phenoxy) is 1. The van der Waals surface area contributed by atoms with Crippen molar-refractivity contribution in [2.45, 2.75) is 38.7 Å². The summed E-state index contributed by atoms with van der Waals surface area (Å²) < 4.78 is 10.6. The highest BCUT2D eigenvalue weighted by Gasteiger charge is 2.21. The minimum Gasteiger partial charge on any atom is -0.373 e. The van der Waals surface area contributed by atoms with E-state index in [1.807, 2.05) is 0 Å². The van der Waals surface area contributed by atoms with Gasteiger partial charge in [0.1, 0.15) is 6.61 Å². The fraction of sp³-hybridized carbons (Fsp3) is 0.818. The van der Waals surface area contributed by atoms with Gasteiger partial charge in [-0.15, -0.1) is 0 Å². The fourth-order valence-corrected chi connectivity index (χ4v) is 1.86. The Hall–Kier alpha value is -0.940. The van der Waals surface area contributed by atoms with E-state index in [0.29, 0.717) is 18.3 Å². The van der Waals surface area contributed by atoms with Gasteiger partial charge in [0.2, 0.25) is 5.89 Å². The van der Waals surface area contributed by atoms with Crippen molar-refractivity contribution >= 4 is 0 Å². The molecule has 0 bridgehead atoms. The SMILES string of the molecule is CCCOCc1noc(C2CCCNC2)n1. The lowest BCUT2D eigenvalue weighted by molar-refractivity contribution is 0.114. The van der Waals surface area contributed by atoms with Gasteiger partial charge in [0.05, 0.1) is 5.92 Å². The van der Waals surface area contributed by atoms with Crippen LogP contribution in [0, 0.1) is 0 Å². The van der Waals surface area contributed by atoms with Crippen LogP contribution in [0.25, 0.3) is 0 Å². The van der Waals surface area contributed by atoms with Crippen molar-refractivity contribution in [3.63, 3.8) is 0 Å². The largest absolute Gasteiger partial charge is 0.373 e. The van der Waals surface area contributed by atoms with Gasteiger partial charge in [-0.2, -0.15) is 4.98 Å². The van der Waals surface area contributed by atoms with E-state index < -0.39 is 0 Å². The third kappa shape index (κ3) is 3.02. The first kappa shape index (κ1) is 11.5. The number of piperidine rings is 1. The standard InChI is InChI=1S/C11H19N3O2/c1-2-6-15-8-10-13-11(16-14-10)9-4-3-5-12-7-9/h9,12H,2-8H2,1H3. The molecule has 0 spiro atoms. The molecule has 1 aromatic heterocycles. The van der Waals surface area contributed by atoms with Gasteiger partial charge < -0.3 is 14.6 Å². The number of nitrogens with one attached hydrogen (secondary N) is 1. The Morgan fingerprint density at radius 3 is 3.25 bits per heavy atom. The topological polar surface area (TPSA) is 60.2 Å². The summed E-state index contributed by atoms with van der Waals surface area (Å²) in [6, 6.07) is 0. The van der Waals surface area contributed by atoms with Crippen molar-refractivity contribution in [2.75, 3.05) is 19.7 Å². The molecule has 2 heterocycles. The Balaban J connectivity index is 1.85. The lowest BCUT2D eigenvalue weighted by Crippen LogP contribution is -2.28. The highest BCUT2D eigenvalue weighted by Crippen LogP contribution is 2.21. The van der Waals surface area contributed by atoms with Crippen LogP contribution < -0.4 is 5.32 Å². The van der Waals surface area contributed by atoms with Gasteiger partial charge in [0, 0.05) is 13.2 Å². The highest BCUT2D eigenvalue weighted by molar-refractivity contribution is 4.96. The second-order valence-electron chi connectivity index (χ2n) is 4.14. The molecular weight excluding hydrogens is 206 g/mol. The molecule has 0 amide bonds. The van der Waals surface area contributed by atoms with Crippen LogP contribution in [0.2, 0.25) is 0 Å². The number of hydrogen-bond donors (Lipinski definition) is 1. The average Bonchev–Trinajstić information content (AvgIpc) is 2.79. The predicted molar refractivity (Wildman–Crippen MR) is 59.1 cm³/mol. The van der Waals surface area contributed by atoms with Gasteiger partial charge in [-0.25, -0.2) is 0 Å². The van der Waals surface area contributed by atoms with Crippen LogP contribution in [-0.2, 0) is 11.3 Å². The summed E-state index contributed by atoms with van der Waals surface area (Å²) in [5.41, 5.74) is 0. The molecule has 0 saturated carbocycles. The van der Waals surface area contributed by atoms with E-state index >= 15 is 0 Å². The van der Waals surface area contributed by atoms with Gasteiger partial charge in [0.25, 0.3) is 0 Å². The average molecular weight is 225 g/mol. The van der Waals surface area contributed by atoms with E-state index in [9.17, 15) is 0 Å². The van der Waals surface area contributed by atoms with Crippen LogP contribution in [0.3, 0.4) is 0 Å². The molecular formula is C11H19N3O2. The summed E-state index contributed by atoms with van der Waals surface area (Å²) in [7, 11) is 0. The molecule has 5 heteroatoms. The van der Waals surface area contributed by atoms with Gasteiger partial charge in [-0.05, 0) is 25.8 Å². The molecule has 90 valence electrons. The molecule has 1 atom stereocenters. The summed E-state index contributed by atoms with van der Waals surface area (Å²) in [5.74, 6) is 1.79. The zero-order chi connectivity index (χ0) is 11.2. The van der Waals surface area contributed by atoms with Gasteiger partial charge in [-0.3, -0.25) is 0 Å². The number of rotatable bonds is 5. The first-order chi connectivity index (χ1) is 7.90. The quantitative estimate of drug-likeness (QED) is 0.769. The van der Waals surface area contributed by atoms with E-state index in [1.165, 1.54) is 6.42 Å². The number of aromatic nitrogens is 2. The first-order valence-corrected chi connectivity index (χ1v) is 6.01. The van der Waals surface area contributed by atoms with Crippen molar-refractivity contribution in [3.05, 3.63) is 11.7 Å². The van der Waals surface area contributed by atoms with Crippen LogP contribution in [0.5, 0.6) is 0 Å². The maximum Gasteiger partial charge on any atom is 0.231 e. The van der Waals surface area contributed by atoms with Gasteiger partial charge in [0.15, 0.2) is 5.82 Å². The third-order valence-corrected chi connectivity index (χ3v) is 2.71. The van der Waals surface area contributed by atoms with Crippen molar-refractivity contribution in [1.29, 1.82) is 0 Å². The summed E-state index contributed by atoms with van der Waals surface area (Å²) in [6.45, 7) is 5.32. The van der Waals surface area contributed by atoms with E-state index in [1.54, 1.807) is 0 Å². The number of nitrogens with zero attached hydrogens (tertiary/aromatic N) is 2. The Morgan fingerprint density at radius 2 is 2.50 bits per heavy atom. The monoisotopic (exact) mass is 225 g/mol. The van der Waals surface area contributed by atoms with Crippen LogP contribution in [0.1, 0.15) is 43.8 Å². The number of hydrogen-bond acceptors (Lipinski definition) is 5. The van der Waals surface area contributed by atoms with Gasteiger partial charge in [-0.1, -0.05) is 12.1 Å². The molecule has 1 unspecified atom stereocenters. The summed E-state index contributed by atoms with van der Waals surface area (Å²) in [5, 5.41) is 7.26. The van der Waals surface area contributed by atoms with Crippen molar-refractivity contribution in [3.8, 4) is 0 Å². The Labute approximate surface area is 95.6 Å². The van der Waals surface area contributed by atoms with Gasteiger partial charge >= 0.3 is 0 Å². The lowest BCUT2D eigenvalue weighted by Gasteiger charge is -2.18. The molecule has 5 nitrogen and oxygen atoms in total. The van der Waals surface area contributed by atoms with E-state index in [0.717, 1.165) is 38.4 Å². The highest BCUT2D eigenvalue weighted by atomic mass is 16.5. The second kappa shape index (κ2) is 5.96. The van der Waals surface area contributed by atoms with Crippen molar-refractivity contribution < 1.29 is 9.26 Å². The van der Waals surface area contributed by atoms with E-state index in [4.69, 9.17) is 9.26 Å². The molecule has 1 aromatic rings. The molecule has 0 aromatic carbocycles. The van der Waals surface area contributed by atoms with Crippen molar-refractivity contribution in [2.24, 2.45) is 0 Å². The third-order valence-electron chi connectivity index (χ3n) is 2.71. The molecule has 1 aliphatic rings. The summed E-state index contributed by atoms with van der Waals surface area (Å²) in [4.78, 5) is 4.36. The maximum absolute atomic E-state index is 5.37. The van der Waals surface area contributed by atoms with Crippen LogP contribution in [0.4, 0.5) is 0 Å². The van der Waals surface area contributed by atoms with E-state index in [2.05, 4.69) is 22.4 Å². The molecule has 2 rings (SSSR count). The fourth-order valence-electron chi connectivity index (χ4n) is 1.86. The molecule has 1 N–H and O–H groups in total. The molecule has 16 heavy (non-hydrogen) atoms. The maximum atomic E-state index is 5.37. The minimum atomic E-state index is 0.376. The Morgan fingerprint density at radius 1 is 1.56 bits per heavy atom. The molecule has 1 fully saturated rings. The smallest absolute Gasteiger partial charge is 0.231 e. The van der Waals surface area contributed by atoms with E-state index in [-0.39, 0.29) is 0 Å². The minimum absolute atomic E-state index is 0.376.